The van der Waals surface area contributed by atoms with Gasteiger partial charge in [0.2, 0.25) is 21.8 Å². The summed E-state index contributed by atoms with van der Waals surface area (Å²) < 4.78 is 33.6. The first-order chi connectivity index (χ1) is 19.0. The summed E-state index contributed by atoms with van der Waals surface area (Å²) in [7, 11) is -3.70. The van der Waals surface area contributed by atoms with Crippen LogP contribution in [0.15, 0.2) is 40.8 Å². The van der Waals surface area contributed by atoms with Crippen LogP contribution < -0.4 is 15.4 Å². The largest absolute Gasteiger partial charge is 0.419 e. The summed E-state index contributed by atoms with van der Waals surface area (Å²) in [5.74, 6) is 1.70. The Labute approximate surface area is 239 Å². The number of nitrogens with zero attached hydrogens (tertiary/aromatic N) is 4. The maximum absolute atomic E-state index is 12.9. The number of rotatable bonds is 13. The van der Waals surface area contributed by atoms with Gasteiger partial charge in [-0.25, -0.2) is 13.4 Å². The Bertz CT molecular complexity index is 1490. The number of carbonyl (C=O) groups excluding carboxylic acids is 1. The van der Waals surface area contributed by atoms with Gasteiger partial charge in [0.25, 0.3) is 0 Å². The molecule has 2 saturated carbocycles. The molecule has 1 aromatic carbocycles. The van der Waals surface area contributed by atoms with Gasteiger partial charge in [0.15, 0.2) is 11.6 Å². The molecule has 3 unspecified atom stereocenters. The Morgan fingerprint density at radius 3 is 2.58 bits per heavy atom. The monoisotopic (exact) mass is 586 g/mol. The lowest BCUT2D eigenvalue weighted by Gasteiger charge is -2.25. The molecule has 2 aliphatic carbocycles. The van der Waals surface area contributed by atoms with Crippen LogP contribution in [0, 0.1) is 17.8 Å². The molecule has 2 heterocycles. The van der Waals surface area contributed by atoms with Gasteiger partial charge in [0, 0.05) is 12.5 Å². The molecule has 214 valence electrons. The number of hydrogen-bond acceptors (Lipinski definition) is 9. The van der Waals surface area contributed by atoms with E-state index < -0.39 is 15.6 Å². The predicted molar refractivity (Wildman–Crippen MR) is 155 cm³/mol. The van der Waals surface area contributed by atoms with Crippen LogP contribution in [0.4, 0.5) is 11.6 Å². The zero-order valence-corrected chi connectivity index (χ0v) is 24.5. The highest BCUT2D eigenvalue weighted by Gasteiger charge is 2.37. The minimum absolute atomic E-state index is 0.0195. The lowest BCUT2D eigenvalue weighted by Crippen LogP contribution is -2.35. The lowest BCUT2D eigenvalue weighted by atomic mass is 9.94. The number of Topliss-reactive ketones (excluding diaryl/α,β-unsaturated/α-hetero) is 1. The highest BCUT2D eigenvalue weighted by Crippen LogP contribution is 2.41. The number of anilines is 2. The first kappa shape index (κ1) is 28.5. The summed E-state index contributed by atoms with van der Waals surface area (Å²) in [5, 5.41) is 8.46. The molecule has 40 heavy (non-hydrogen) atoms. The van der Waals surface area contributed by atoms with Crippen molar-refractivity contribution in [3.05, 3.63) is 52.9 Å². The second-order valence-electron chi connectivity index (χ2n) is 11.3. The van der Waals surface area contributed by atoms with E-state index in [1.807, 2.05) is 35.2 Å². The van der Waals surface area contributed by atoms with Crippen LogP contribution in [0.25, 0.3) is 11.5 Å². The molecule has 0 bridgehead atoms. The van der Waals surface area contributed by atoms with Crippen molar-refractivity contribution in [2.75, 3.05) is 28.5 Å². The highest BCUT2D eigenvalue weighted by molar-refractivity contribution is 7.92. The van der Waals surface area contributed by atoms with Crippen LogP contribution in [0.5, 0.6) is 0 Å². The first-order valence-electron chi connectivity index (χ1n) is 13.6. The fourth-order valence-corrected chi connectivity index (χ4v) is 5.54. The molecule has 3 atom stereocenters. The topological polar surface area (TPSA) is 144 Å². The van der Waals surface area contributed by atoms with E-state index in [1.54, 1.807) is 13.0 Å². The van der Waals surface area contributed by atoms with Gasteiger partial charge in [0.05, 0.1) is 28.4 Å². The number of halogens is 1. The molecular formula is C28H35ClN6O4S. The van der Waals surface area contributed by atoms with Gasteiger partial charge < -0.3 is 15.1 Å². The fraction of sp³-hybridized carbons (Fsp3) is 0.500. The molecule has 12 heteroatoms. The number of carbonyl (C=O) groups is 1. The van der Waals surface area contributed by atoms with Crippen LogP contribution in [0.2, 0.25) is 5.02 Å². The number of nitrogens with one attached hydrogen (secondary N) is 1. The van der Waals surface area contributed by atoms with E-state index in [0.717, 1.165) is 24.8 Å². The Morgan fingerprint density at radius 1 is 1.25 bits per heavy atom. The molecule has 0 saturated heterocycles. The molecule has 2 aliphatic rings. The van der Waals surface area contributed by atoms with E-state index in [9.17, 15) is 13.2 Å². The normalized spacial score (nSPS) is 20.1. The van der Waals surface area contributed by atoms with Crippen LogP contribution in [-0.2, 0) is 26.8 Å². The molecule has 3 aromatic rings. The molecule has 0 radical (unpaired) electrons. The Kier molecular flexibility index (Phi) is 7.91. The summed E-state index contributed by atoms with van der Waals surface area (Å²) in [6.45, 7) is 6.32. The Balaban J connectivity index is 1.53. The number of nitrogens with two attached hydrogens (primary N) is 1. The third-order valence-electron chi connectivity index (χ3n) is 7.57. The van der Waals surface area contributed by atoms with Gasteiger partial charge in [-0.15, -0.1) is 10.2 Å². The highest BCUT2D eigenvalue weighted by atomic mass is 35.5. The maximum atomic E-state index is 12.9. The summed E-state index contributed by atoms with van der Waals surface area (Å²) in [6.07, 6.45) is 3.33. The molecule has 0 spiro atoms. The predicted octanol–water partition coefficient (Wildman–Crippen LogP) is 4.40. The van der Waals surface area contributed by atoms with Crippen molar-refractivity contribution in [1.29, 1.82) is 0 Å². The standard InChI is InChI=1S/C28H35ClN6O4S/c1-4-40(37,38)34-25-24(29)21(26-32-33-27(39-26)28(3,30)14-18-8-6-5-7-9-18)13-23(31-25)35(15-20-12-17(20)2)16-22(36)19-10-11-19/h5-9,13,17,19-20H,4,10-12,14-16,30H2,1-3H3,(H,31,34). The van der Waals surface area contributed by atoms with E-state index in [0.29, 0.717) is 36.2 Å². The van der Waals surface area contributed by atoms with Gasteiger partial charge in [-0.3, -0.25) is 9.52 Å². The minimum Gasteiger partial charge on any atom is -0.419 e. The number of benzene rings is 1. The van der Waals surface area contributed by atoms with Crippen molar-refractivity contribution in [3.8, 4) is 11.5 Å². The third kappa shape index (κ3) is 6.64. The number of hydrogen-bond donors (Lipinski definition) is 2. The Morgan fingerprint density at radius 2 is 1.95 bits per heavy atom. The molecule has 5 rings (SSSR count). The van der Waals surface area contributed by atoms with Crippen molar-refractivity contribution in [3.63, 3.8) is 0 Å². The molecule has 0 amide bonds. The first-order valence-corrected chi connectivity index (χ1v) is 15.6. The van der Waals surface area contributed by atoms with Crippen LogP contribution in [-0.4, -0.2) is 48.2 Å². The number of pyridine rings is 1. The second-order valence-corrected chi connectivity index (χ2v) is 13.7. The van der Waals surface area contributed by atoms with E-state index >= 15 is 0 Å². The molecule has 0 aliphatic heterocycles. The second kappa shape index (κ2) is 11.1. The van der Waals surface area contributed by atoms with Crippen molar-refractivity contribution >= 4 is 39.0 Å². The number of sulfonamides is 1. The average molecular weight is 587 g/mol. The van der Waals surface area contributed by atoms with Crippen LogP contribution in [0.3, 0.4) is 0 Å². The van der Waals surface area contributed by atoms with E-state index in [4.69, 9.17) is 21.8 Å². The zero-order valence-electron chi connectivity index (χ0n) is 22.9. The van der Waals surface area contributed by atoms with Crippen LogP contribution >= 0.6 is 11.6 Å². The third-order valence-corrected chi connectivity index (χ3v) is 9.22. The minimum atomic E-state index is -3.70. The number of ketones is 1. The van der Waals surface area contributed by atoms with Crippen molar-refractivity contribution in [1.82, 2.24) is 15.2 Å². The Hall–Kier alpha value is -3.02. The summed E-state index contributed by atoms with van der Waals surface area (Å²) >= 11 is 6.71. The summed E-state index contributed by atoms with van der Waals surface area (Å²) in [4.78, 5) is 19.4. The van der Waals surface area contributed by atoms with Gasteiger partial charge in [-0.2, -0.15) is 0 Å². The average Bonchev–Trinajstić information content (AvgIpc) is 3.82. The SMILES string of the molecule is CCS(=O)(=O)Nc1nc(N(CC(=O)C2CC2)CC2CC2C)cc(-c2nnc(C(C)(N)Cc3ccccc3)o2)c1Cl. The molecule has 3 N–H and O–H groups in total. The smallest absolute Gasteiger partial charge is 0.249 e. The quantitative estimate of drug-likeness (QED) is 0.297. The van der Waals surface area contributed by atoms with Crippen molar-refractivity contribution in [2.45, 2.75) is 52.0 Å². The van der Waals surface area contributed by atoms with Gasteiger partial charge in [-0.05, 0) is 63.0 Å². The van der Waals surface area contributed by atoms with Gasteiger partial charge in [0.1, 0.15) is 5.82 Å². The maximum Gasteiger partial charge on any atom is 0.249 e. The van der Waals surface area contributed by atoms with Gasteiger partial charge in [-0.1, -0.05) is 48.9 Å². The van der Waals surface area contributed by atoms with Gasteiger partial charge >= 0.3 is 0 Å². The fourth-order valence-electron chi connectivity index (χ4n) is 4.68. The molecular weight excluding hydrogens is 552 g/mol. The zero-order chi connectivity index (χ0) is 28.7. The summed E-state index contributed by atoms with van der Waals surface area (Å²) in [6, 6.07) is 11.4. The number of aromatic nitrogens is 3. The lowest BCUT2D eigenvalue weighted by molar-refractivity contribution is -0.118. The van der Waals surface area contributed by atoms with Crippen LogP contribution in [0.1, 0.15) is 51.5 Å². The van der Waals surface area contributed by atoms with E-state index in [1.165, 1.54) is 6.92 Å². The molecule has 2 aromatic heterocycles. The molecule has 2 fully saturated rings. The van der Waals surface area contributed by atoms with E-state index in [-0.39, 0.29) is 46.6 Å². The van der Waals surface area contributed by atoms with Crippen molar-refractivity contribution < 1.29 is 17.6 Å². The summed E-state index contributed by atoms with van der Waals surface area (Å²) in [5.41, 5.74) is 6.95. The van der Waals surface area contributed by atoms with E-state index in [2.05, 4.69) is 26.8 Å². The molecule has 10 nitrogen and oxygen atoms in total. The van der Waals surface area contributed by atoms with Crippen molar-refractivity contribution in [2.24, 2.45) is 23.5 Å².